The summed E-state index contributed by atoms with van der Waals surface area (Å²) >= 11 is 6.18. The molecule has 0 saturated heterocycles. The molecular weight excluding hydrogens is 237 g/mol. The van der Waals surface area contributed by atoms with Gasteiger partial charge >= 0.3 is 0 Å². The summed E-state index contributed by atoms with van der Waals surface area (Å²) in [5.74, 6) is 0.694. The lowest BCUT2D eigenvalue weighted by Gasteiger charge is -2.22. The summed E-state index contributed by atoms with van der Waals surface area (Å²) < 4.78 is 13.3. The van der Waals surface area contributed by atoms with Crippen molar-refractivity contribution in [3.63, 3.8) is 0 Å². The molecule has 0 spiro atoms. The van der Waals surface area contributed by atoms with Gasteiger partial charge in [-0.15, -0.1) is 0 Å². The minimum absolute atomic E-state index is 0.191. The van der Waals surface area contributed by atoms with Gasteiger partial charge in [0.15, 0.2) is 0 Å². The Balaban J connectivity index is 2.20. The molecule has 0 radical (unpaired) electrons. The third-order valence-electron chi connectivity index (χ3n) is 3.88. The molecule has 1 fully saturated rings. The number of hydrogen-bond acceptors (Lipinski definition) is 1. The molecule has 1 aliphatic carbocycles. The second-order valence-corrected chi connectivity index (χ2v) is 5.28. The topological polar surface area (TPSA) is 12.0 Å². The molecule has 3 unspecified atom stereocenters. The minimum Gasteiger partial charge on any atom is -0.314 e. The molecule has 0 aliphatic heterocycles. The van der Waals surface area contributed by atoms with E-state index in [2.05, 4.69) is 19.2 Å². The minimum atomic E-state index is -0.191. The number of hydrogen-bond donors (Lipinski definition) is 1. The average Bonchev–Trinajstić information content (AvgIpc) is 2.65. The van der Waals surface area contributed by atoms with E-state index in [1.165, 1.54) is 6.07 Å². The van der Waals surface area contributed by atoms with E-state index in [0.29, 0.717) is 22.9 Å². The van der Waals surface area contributed by atoms with Crippen LogP contribution in [0.1, 0.15) is 38.2 Å². The Kier molecular flexibility index (Phi) is 4.05. The Morgan fingerprint density at radius 3 is 2.88 bits per heavy atom. The molecule has 3 atom stereocenters. The first-order valence-corrected chi connectivity index (χ1v) is 6.69. The second kappa shape index (κ2) is 5.36. The molecule has 1 aromatic carbocycles. The first-order valence-electron chi connectivity index (χ1n) is 6.31. The molecule has 0 heterocycles. The summed E-state index contributed by atoms with van der Waals surface area (Å²) in [5, 5.41) is 4.19. The van der Waals surface area contributed by atoms with Crippen LogP contribution in [0.2, 0.25) is 5.02 Å². The molecule has 1 aromatic rings. The lowest BCUT2D eigenvalue weighted by molar-refractivity contribution is 0.411. The van der Waals surface area contributed by atoms with Gasteiger partial charge in [0, 0.05) is 11.1 Å². The monoisotopic (exact) mass is 255 g/mol. The van der Waals surface area contributed by atoms with Gasteiger partial charge in [-0.2, -0.15) is 0 Å². The van der Waals surface area contributed by atoms with Crippen molar-refractivity contribution in [2.45, 2.75) is 38.6 Å². The van der Waals surface area contributed by atoms with Gasteiger partial charge in [0.1, 0.15) is 5.82 Å². The molecule has 0 aromatic heterocycles. The van der Waals surface area contributed by atoms with Gasteiger partial charge in [-0.05, 0) is 55.0 Å². The third-order valence-corrected chi connectivity index (χ3v) is 4.23. The Bertz CT molecular complexity index is 394. The zero-order valence-electron chi connectivity index (χ0n) is 10.3. The molecular formula is C14H19ClFN. The van der Waals surface area contributed by atoms with Crippen molar-refractivity contribution >= 4 is 11.6 Å². The highest BCUT2D eigenvalue weighted by Crippen LogP contribution is 2.42. The first kappa shape index (κ1) is 12.8. The van der Waals surface area contributed by atoms with Crippen molar-refractivity contribution in [3.05, 3.63) is 34.6 Å². The summed E-state index contributed by atoms with van der Waals surface area (Å²) in [6.45, 7) is 5.33. The highest BCUT2D eigenvalue weighted by molar-refractivity contribution is 6.31. The van der Waals surface area contributed by atoms with Crippen molar-refractivity contribution in [3.8, 4) is 0 Å². The van der Waals surface area contributed by atoms with Gasteiger partial charge < -0.3 is 5.32 Å². The quantitative estimate of drug-likeness (QED) is 0.862. The van der Waals surface area contributed by atoms with Gasteiger partial charge in [0.05, 0.1) is 0 Å². The highest BCUT2D eigenvalue weighted by Gasteiger charge is 2.34. The van der Waals surface area contributed by atoms with E-state index in [4.69, 9.17) is 11.6 Å². The van der Waals surface area contributed by atoms with Crippen molar-refractivity contribution in [1.29, 1.82) is 0 Å². The van der Waals surface area contributed by atoms with E-state index < -0.39 is 0 Å². The SMILES string of the molecule is CCNC1CCC(c2cc(F)ccc2Cl)C1C. The van der Waals surface area contributed by atoms with Crippen molar-refractivity contribution in [1.82, 2.24) is 5.32 Å². The molecule has 17 heavy (non-hydrogen) atoms. The largest absolute Gasteiger partial charge is 0.314 e. The van der Waals surface area contributed by atoms with Crippen LogP contribution < -0.4 is 5.32 Å². The summed E-state index contributed by atoms with van der Waals surface area (Å²) in [4.78, 5) is 0. The molecule has 3 heteroatoms. The van der Waals surface area contributed by atoms with E-state index in [9.17, 15) is 4.39 Å². The van der Waals surface area contributed by atoms with Gasteiger partial charge in [0.25, 0.3) is 0 Å². The van der Waals surface area contributed by atoms with Crippen LogP contribution in [-0.2, 0) is 0 Å². The molecule has 94 valence electrons. The van der Waals surface area contributed by atoms with E-state index in [1.54, 1.807) is 12.1 Å². The van der Waals surface area contributed by atoms with Crippen LogP contribution in [0.15, 0.2) is 18.2 Å². The molecule has 0 bridgehead atoms. The van der Waals surface area contributed by atoms with E-state index in [-0.39, 0.29) is 5.82 Å². The maximum Gasteiger partial charge on any atom is 0.123 e. The smallest absolute Gasteiger partial charge is 0.123 e. The maximum absolute atomic E-state index is 13.3. The van der Waals surface area contributed by atoms with Gasteiger partial charge in [0.2, 0.25) is 0 Å². The standard InChI is InChI=1S/C14H19ClFN/c1-3-17-14-7-5-11(9(14)2)12-8-10(16)4-6-13(12)15/h4,6,8-9,11,14,17H,3,5,7H2,1-2H3. The van der Waals surface area contributed by atoms with Crippen molar-refractivity contribution in [2.24, 2.45) is 5.92 Å². The summed E-state index contributed by atoms with van der Waals surface area (Å²) in [7, 11) is 0. The molecule has 0 amide bonds. The Hall–Kier alpha value is -0.600. The van der Waals surface area contributed by atoms with Crippen LogP contribution in [0, 0.1) is 11.7 Å². The highest BCUT2D eigenvalue weighted by atomic mass is 35.5. The predicted octanol–water partition coefficient (Wildman–Crippen LogP) is 3.97. The first-order chi connectivity index (χ1) is 8.13. The summed E-state index contributed by atoms with van der Waals surface area (Å²) in [6.07, 6.45) is 2.23. The zero-order chi connectivity index (χ0) is 12.4. The maximum atomic E-state index is 13.3. The number of rotatable bonds is 3. The molecule has 2 rings (SSSR count). The Labute approximate surface area is 107 Å². The van der Waals surface area contributed by atoms with Crippen LogP contribution in [0.4, 0.5) is 4.39 Å². The fourth-order valence-electron chi connectivity index (χ4n) is 2.95. The van der Waals surface area contributed by atoms with E-state index >= 15 is 0 Å². The van der Waals surface area contributed by atoms with Crippen molar-refractivity contribution < 1.29 is 4.39 Å². The predicted molar refractivity (Wildman–Crippen MR) is 70.0 cm³/mol. The molecule has 1 aliphatic rings. The van der Waals surface area contributed by atoms with Gasteiger partial charge in [-0.3, -0.25) is 0 Å². The van der Waals surface area contributed by atoms with Crippen LogP contribution >= 0.6 is 11.6 Å². The fraction of sp³-hybridized carbons (Fsp3) is 0.571. The van der Waals surface area contributed by atoms with E-state index in [0.717, 1.165) is 24.9 Å². The van der Waals surface area contributed by atoms with Gasteiger partial charge in [-0.1, -0.05) is 25.4 Å². The Morgan fingerprint density at radius 2 is 2.18 bits per heavy atom. The lowest BCUT2D eigenvalue weighted by Crippen LogP contribution is -2.32. The molecule has 1 saturated carbocycles. The molecule has 1 N–H and O–H groups in total. The fourth-order valence-corrected chi connectivity index (χ4v) is 3.21. The lowest BCUT2D eigenvalue weighted by atomic mass is 9.89. The Morgan fingerprint density at radius 1 is 1.41 bits per heavy atom. The van der Waals surface area contributed by atoms with Crippen LogP contribution in [0.25, 0.3) is 0 Å². The molecule has 1 nitrogen and oxygen atoms in total. The van der Waals surface area contributed by atoms with Crippen molar-refractivity contribution in [2.75, 3.05) is 6.54 Å². The van der Waals surface area contributed by atoms with Crippen LogP contribution in [0.5, 0.6) is 0 Å². The average molecular weight is 256 g/mol. The number of halogens is 2. The second-order valence-electron chi connectivity index (χ2n) is 4.87. The summed E-state index contributed by atoms with van der Waals surface area (Å²) in [6, 6.07) is 5.22. The number of nitrogens with one attached hydrogen (secondary N) is 1. The zero-order valence-corrected chi connectivity index (χ0v) is 11.1. The van der Waals surface area contributed by atoms with Gasteiger partial charge in [-0.25, -0.2) is 4.39 Å². The number of benzene rings is 1. The van der Waals surface area contributed by atoms with E-state index in [1.807, 2.05) is 0 Å². The third kappa shape index (κ3) is 2.63. The van der Waals surface area contributed by atoms with Crippen LogP contribution in [-0.4, -0.2) is 12.6 Å². The van der Waals surface area contributed by atoms with Crippen LogP contribution in [0.3, 0.4) is 0 Å². The normalized spacial score (nSPS) is 28.6. The summed E-state index contributed by atoms with van der Waals surface area (Å²) in [5.41, 5.74) is 0.972.